The van der Waals surface area contributed by atoms with E-state index in [0.29, 0.717) is 6.04 Å². The van der Waals surface area contributed by atoms with Crippen molar-refractivity contribution in [3.05, 3.63) is 37.4 Å². The highest BCUT2D eigenvalue weighted by Gasteiger charge is 2.13. The Balaban J connectivity index is 2.07. The van der Waals surface area contributed by atoms with Crippen LogP contribution >= 0.6 is 38.6 Å². The number of hydrogen-bond donors (Lipinski definition) is 1. The fourth-order valence-electron chi connectivity index (χ4n) is 1.68. The summed E-state index contributed by atoms with van der Waals surface area (Å²) >= 11 is 7.00. The van der Waals surface area contributed by atoms with Gasteiger partial charge in [-0.15, -0.1) is 22.7 Å². The second kappa shape index (κ2) is 6.64. The fraction of sp³-hybridized carbons (Fsp3) is 0.417. The van der Waals surface area contributed by atoms with Gasteiger partial charge in [0.2, 0.25) is 0 Å². The molecule has 2 aromatic heterocycles. The summed E-state index contributed by atoms with van der Waals surface area (Å²) in [5, 5.41) is 5.82. The first kappa shape index (κ1) is 13.2. The highest BCUT2D eigenvalue weighted by Crippen LogP contribution is 2.28. The van der Waals surface area contributed by atoms with E-state index in [1.165, 1.54) is 14.2 Å². The van der Waals surface area contributed by atoms with Crippen LogP contribution < -0.4 is 5.32 Å². The Morgan fingerprint density at radius 3 is 2.94 bits per heavy atom. The maximum atomic E-state index is 4.14. The minimum atomic E-state index is 0.401. The normalized spacial score (nSPS) is 12.8. The Morgan fingerprint density at radius 2 is 2.35 bits per heavy atom. The number of nitrogens with zero attached hydrogens (tertiary/aromatic N) is 1. The molecular formula is C12H15BrN2S2. The molecule has 2 nitrogen and oxygen atoms in total. The van der Waals surface area contributed by atoms with Crippen molar-refractivity contribution in [2.24, 2.45) is 0 Å². The Morgan fingerprint density at radius 1 is 1.47 bits per heavy atom. The Kier molecular flexibility index (Phi) is 5.16. The van der Waals surface area contributed by atoms with Crippen LogP contribution in [-0.4, -0.2) is 11.5 Å². The summed E-state index contributed by atoms with van der Waals surface area (Å²) in [5.41, 5.74) is 3.26. The molecule has 0 aliphatic heterocycles. The minimum Gasteiger partial charge on any atom is -0.310 e. The summed E-state index contributed by atoms with van der Waals surface area (Å²) in [6, 6.07) is 2.61. The number of aromatic nitrogens is 1. The zero-order valence-corrected chi connectivity index (χ0v) is 12.9. The third-order valence-electron chi connectivity index (χ3n) is 2.52. The number of hydrogen-bond acceptors (Lipinski definition) is 4. The first-order valence-corrected chi connectivity index (χ1v) is 8.19. The highest BCUT2D eigenvalue weighted by atomic mass is 79.9. The molecule has 0 aliphatic carbocycles. The molecular weight excluding hydrogens is 316 g/mol. The molecule has 17 heavy (non-hydrogen) atoms. The van der Waals surface area contributed by atoms with E-state index in [-0.39, 0.29) is 0 Å². The van der Waals surface area contributed by atoms with Gasteiger partial charge in [0, 0.05) is 23.5 Å². The van der Waals surface area contributed by atoms with Gasteiger partial charge in [-0.25, -0.2) is 0 Å². The predicted molar refractivity (Wildman–Crippen MR) is 78.9 cm³/mol. The van der Waals surface area contributed by atoms with Crippen molar-refractivity contribution >= 4 is 38.6 Å². The zero-order valence-electron chi connectivity index (χ0n) is 9.65. The predicted octanol–water partition coefficient (Wildman–Crippen LogP) is 4.25. The van der Waals surface area contributed by atoms with E-state index in [1.54, 1.807) is 22.7 Å². The minimum absolute atomic E-state index is 0.401. The largest absolute Gasteiger partial charge is 0.310 e. The van der Waals surface area contributed by atoms with Crippen LogP contribution in [0.25, 0.3) is 0 Å². The quantitative estimate of drug-likeness (QED) is 0.856. The van der Waals surface area contributed by atoms with Crippen molar-refractivity contribution in [3.63, 3.8) is 0 Å². The summed E-state index contributed by atoms with van der Waals surface area (Å²) < 4.78 is 1.19. The van der Waals surface area contributed by atoms with Crippen molar-refractivity contribution in [1.82, 2.24) is 10.3 Å². The van der Waals surface area contributed by atoms with Gasteiger partial charge in [0.1, 0.15) is 0 Å². The number of nitrogens with one attached hydrogen (secondary N) is 1. The van der Waals surface area contributed by atoms with E-state index >= 15 is 0 Å². The van der Waals surface area contributed by atoms with Crippen LogP contribution in [0.4, 0.5) is 0 Å². The molecule has 2 rings (SSSR count). The molecule has 0 spiro atoms. The van der Waals surface area contributed by atoms with Gasteiger partial charge in [0.25, 0.3) is 0 Å². The lowest BCUT2D eigenvalue weighted by atomic mass is 10.1. The highest BCUT2D eigenvalue weighted by molar-refractivity contribution is 9.11. The maximum absolute atomic E-state index is 4.14. The van der Waals surface area contributed by atoms with Crippen molar-refractivity contribution < 1.29 is 0 Å². The van der Waals surface area contributed by atoms with E-state index in [1.807, 2.05) is 11.7 Å². The lowest BCUT2D eigenvalue weighted by Crippen LogP contribution is -2.23. The molecule has 2 heterocycles. The van der Waals surface area contributed by atoms with E-state index in [2.05, 4.69) is 44.6 Å². The van der Waals surface area contributed by atoms with Crippen LogP contribution in [0.2, 0.25) is 0 Å². The fourth-order valence-corrected chi connectivity index (χ4v) is 3.55. The molecule has 0 aliphatic rings. The van der Waals surface area contributed by atoms with Crippen molar-refractivity contribution in [1.29, 1.82) is 0 Å². The zero-order chi connectivity index (χ0) is 12.1. The van der Waals surface area contributed by atoms with Gasteiger partial charge >= 0.3 is 0 Å². The van der Waals surface area contributed by atoms with Crippen molar-refractivity contribution in [2.75, 3.05) is 6.54 Å². The van der Waals surface area contributed by atoms with Crippen LogP contribution in [0.3, 0.4) is 0 Å². The first-order valence-electron chi connectivity index (χ1n) is 5.64. The summed E-state index contributed by atoms with van der Waals surface area (Å²) in [7, 11) is 0. The monoisotopic (exact) mass is 330 g/mol. The third kappa shape index (κ3) is 3.88. The Hall–Kier alpha value is -0.230. The lowest BCUT2D eigenvalue weighted by Gasteiger charge is -2.16. The summed E-state index contributed by atoms with van der Waals surface area (Å²) in [6.07, 6.45) is 4.14. The molecule has 0 radical (unpaired) electrons. The van der Waals surface area contributed by atoms with Crippen LogP contribution in [0.5, 0.6) is 0 Å². The smallest absolute Gasteiger partial charge is 0.0794 e. The molecule has 1 N–H and O–H groups in total. The molecule has 0 aromatic carbocycles. The molecule has 1 atom stereocenters. The number of thiazole rings is 1. The standard InChI is InChI=1S/C12H15BrN2S2/c1-2-3-15-11(5-10-6-14-8-17-10)9-4-12(13)16-7-9/h4,6-8,11,15H,2-3,5H2,1H3. The van der Waals surface area contributed by atoms with E-state index in [4.69, 9.17) is 0 Å². The second-order valence-electron chi connectivity index (χ2n) is 3.86. The van der Waals surface area contributed by atoms with Gasteiger partial charge < -0.3 is 5.32 Å². The third-order valence-corrected chi connectivity index (χ3v) is 4.84. The van der Waals surface area contributed by atoms with Crippen molar-refractivity contribution in [2.45, 2.75) is 25.8 Å². The Bertz CT molecular complexity index is 439. The maximum Gasteiger partial charge on any atom is 0.0794 e. The van der Waals surface area contributed by atoms with Crippen LogP contribution in [0, 0.1) is 0 Å². The van der Waals surface area contributed by atoms with E-state index < -0.39 is 0 Å². The molecule has 0 bridgehead atoms. The van der Waals surface area contributed by atoms with Gasteiger partial charge in [0.05, 0.1) is 9.30 Å². The van der Waals surface area contributed by atoms with Crippen LogP contribution in [0.15, 0.2) is 26.9 Å². The van der Waals surface area contributed by atoms with Gasteiger partial charge in [-0.1, -0.05) is 6.92 Å². The molecule has 5 heteroatoms. The van der Waals surface area contributed by atoms with Gasteiger partial charge in [-0.3, -0.25) is 4.98 Å². The molecule has 0 saturated carbocycles. The molecule has 1 unspecified atom stereocenters. The summed E-state index contributed by atoms with van der Waals surface area (Å²) in [4.78, 5) is 5.47. The van der Waals surface area contributed by atoms with Crippen molar-refractivity contribution in [3.8, 4) is 0 Å². The molecule has 0 saturated heterocycles. The molecule has 92 valence electrons. The first-order chi connectivity index (χ1) is 8.29. The van der Waals surface area contributed by atoms with E-state index in [0.717, 1.165) is 19.4 Å². The Labute approximate surface area is 118 Å². The van der Waals surface area contributed by atoms with Crippen LogP contribution in [0.1, 0.15) is 29.8 Å². The van der Waals surface area contributed by atoms with Gasteiger partial charge in [-0.2, -0.15) is 0 Å². The average molecular weight is 331 g/mol. The number of halogens is 1. The summed E-state index contributed by atoms with van der Waals surface area (Å²) in [6.45, 7) is 3.25. The van der Waals surface area contributed by atoms with E-state index in [9.17, 15) is 0 Å². The molecule has 0 amide bonds. The van der Waals surface area contributed by atoms with Gasteiger partial charge in [-0.05, 0) is 45.9 Å². The topological polar surface area (TPSA) is 24.9 Å². The SMILES string of the molecule is CCCNC(Cc1cncs1)c1csc(Br)c1. The lowest BCUT2D eigenvalue weighted by molar-refractivity contribution is 0.533. The molecule has 2 aromatic rings. The van der Waals surface area contributed by atoms with Crippen LogP contribution in [-0.2, 0) is 6.42 Å². The molecule has 0 fully saturated rings. The van der Waals surface area contributed by atoms with Gasteiger partial charge in [0.15, 0.2) is 0 Å². The average Bonchev–Trinajstić information content (AvgIpc) is 2.95. The number of thiophene rings is 1. The summed E-state index contributed by atoms with van der Waals surface area (Å²) in [5.74, 6) is 0. The number of rotatable bonds is 6. The second-order valence-corrected chi connectivity index (χ2v) is 7.12.